The van der Waals surface area contributed by atoms with Crippen LogP contribution in [-0.4, -0.2) is 87.9 Å². The second-order valence-corrected chi connectivity index (χ2v) is 13.6. The molecule has 1 rings (SSSR count). The van der Waals surface area contributed by atoms with Crippen LogP contribution in [0.25, 0.3) is 0 Å². The van der Waals surface area contributed by atoms with Crippen LogP contribution in [0.15, 0.2) is 36.4 Å². The summed E-state index contributed by atoms with van der Waals surface area (Å²) in [6, 6.07) is 7.23. The van der Waals surface area contributed by atoms with Crippen molar-refractivity contribution in [2.45, 2.75) is 71.5 Å². The third-order valence-corrected chi connectivity index (χ3v) is 8.82. The van der Waals surface area contributed by atoms with Crippen molar-refractivity contribution in [1.29, 1.82) is 0 Å². The molecule has 0 aliphatic heterocycles. The van der Waals surface area contributed by atoms with Gasteiger partial charge < -0.3 is 40.1 Å². The zero-order chi connectivity index (χ0) is 33.1. The molecule has 44 heavy (non-hydrogen) atoms. The number of allylic oxidation sites excluding steroid dienone is 1. The molecule has 260 valence electrons. The van der Waals surface area contributed by atoms with E-state index in [0.717, 1.165) is 6.42 Å². The number of nitrogens with two attached hydrogens (primary N) is 1. The first kappa shape index (κ1) is 42.2. The highest BCUT2D eigenvalue weighted by Gasteiger charge is 2.18. The van der Waals surface area contributed by atoms with E-state index < -0.39 is 0 Å². The third-order valence-electron chi connectivity index (χ3n) is 5.31. The van der Waals surface area contributed by atoms with E-state index in [1.165, 1.54) is 0 Å². The molecule has 1 aromatic carbocycles. The standard InChI is InChI=1S/C30H51N3O7S2.C2H6.3H2/c1-6-24(2)9-8-14-32-28(35)22-38-19-20-39-29(41-42-30(3,4)5)23-40-26-11-7-10-25(21-26)33-27(34)12-15-36-17-18-37-16-13-31;1-2;;;/h7-11,21,24,29H,6,12-20,22-23,31H2,1-5H3,(H,32,35)(H,33,34);1-2H3;3*1H/b9-8+;;;;. The maximum Gasteiger partial charge on any atom is 0.246 e. The number of hydrogen-bond donors (Lipinski definition) is 3. The maximum atomic E-state index is 12.3. The first-order chi connectivity index (χ1) is 21.1. The Morgan fingerprint density at radius 3 is 2.41 bits per heavy atom. The topological polar surface area (TPSA) is 130 Å². The van der Waals surface area contributed by atoms with Crippen LogP contribution in [0.3, 0.4) is 0 Å². The van der Waals surface area contributed by atoms with Gasteiger partial charge in [-0.3, -0.25) is 9.59 Å². The van der Waals surface area contributed by atoms with Gasteiger partial charge in [-0.1, -0.05) is 94.7 Å². The SMILES string of the molecule is CC.CCC(C)/C=C/CNC(=O)COCCOC(COc1cccc(NC(=O)CCOCCOCCN)c1)SSC(C)(C)C.[HH].[HH].[HH]. The predicted octanol–water partition coefficient (Wildman–Crippen LogP) is 6.41. The smallest absolute Gasteiger partial charge is 0.246 e. The minimum atomic E-state index is -0.262. The molecule has 0 spiro atoms. The molecule has 0 aliphatic carbocycles. The van der Waals surface area contributed by atoms with Gasteiger partial charge in [0.1, 0.15) is 24.4 Å². The summed E-state index contributed by atoms with van der Waals surface area (Å²) < 4.78 is 28.2. The van der Waals surface area contributed by atoms with E-state index in [1.807, 2.05) is 32.1 Å². The van der Waals surface area contributed by atoms with Crippen LogP contribution in [0.2, 0.25) is 0 Å². The molecule has 0 saturated carbocycles. The van der Waals surface area contributed by atoms with E-state index in [-0.39, 0.29) is 39.3 Å². The van der Waals surface area contributed by atoms with E-state index >= 15 is 0 Å². The zero-order valence-electron chi connectivity index (χ0n) is 27.9. The highest BCUT2D eigenvalue weighted by Crippen LogP contribution is 2.38. The average Bonchev–Trinajstić information content (AvgIpc) is 3.00. The Kier molecular flexibility index (Phi) is 26.4. The lowest BCUT2D eigenvalue weighted by atomic mass is 10.1. The second kappa shape index (κ2) is 27.5. The Balaban J connectivity index is -0.00000181. The molecule has 0 saturated heterocycles. The van der Waals surface area contributed by atoms with E-state index in [0.29, 0.717) is 76.7 Å². The molecule has 0 bridgehead atoms. The summed E-state index contributed by atoms with van der Waals surface area (Å²) >= 11 is 0. The zero-order valence-corrected chi connectivity index (χ0v) is 29.5. The van der Waals surface area contributed by atoms with Crippen LogP contribution in [0.4, 0.5) is 5.69 Å². The highest BCUT2D eigenvalue weighted by atomic mass is 33.1. The monoisotopic (exact) mass is 665 g/mol. The summed E-state index contributed by atoms with van der Waals surface area (Å²) in [4.78, 5) is 24.2. The Labute approximate surface area is 278 Å². The van der Waals surface area contributed by atoms with Crippen LogP contribution in [0, 0.1) is 5.92 Å². The molecule has 10 nitrogen and oxygen atoms in total. The van der Waals surface area contributed by atoms with Crippen molar-refractivity contribution in [2.75, 3.05) is 71.3 Å². The summed E-state index contributed by atoms with van der Waals surface area (Å²) in [6.07, 6.45) is 5.36. The largest absolute Gasteiger partial charge is 0.490 e. The van der Waals surface area contributed by atoms with Crippen molar-refractivity contribution < 1.29 is 37.6 Å². The first-order valence-corrected chi connectivity index (χ1v) is 17.7. The molecule has 0 radical (unpaired) electrons. The van der Waals surface area contributed by atoms with Crippen LogP contribution in [0.1, 0.15) is 65.6 Å². The fourth-order valence-electron chi connectivity index (χ4n) is 2.99. The number of carbonyl (C=O) groups excluding carboxylic acids is 2. The number of amides is 2. The molecule has 2 unspecified atom stereocenters. The molecule has 1 aromatic rings. The Morgan fingerprint density at radius 2 is 1.73 bits per heavy atom. The number of rotatable bonds is 24. The van der Waals surface area contributed by atoms with Gasteiger partial charge in [-0.25, -0.2) is 0 Å². The molecule has 2 atom stereocenters. The van der Waals surface area contributed by atoms with Gasteiger partial charge in [0.2, 0.25) is 11.8 Å². The molecule has 12 heteroatoms. The number of carbonyl (C=O) groups is 2. The lowest BCUT2D eigenvalue weighted by Crippen LogP contribution is -2.28. The molecular weight excluding hydrogens is 603 g/mol. The number of ether oxygens (including phenoxy) is 5. The van der Waals surface area contributed by atoms with E-state index in [1.54, 1.807) is 33.7 Å². The van der Waals surface area contributed by atoms with Crippen LogP contribution in [0.5, 0.6) is 5.75 Å². The van der Waals surface area contributed by atoms with Crippen molar-refractivity contribution in [2.24, 2.45) is 11.7 Å². The van der Waals surface area contributed by atoms with Crippen LogP contribution >= 0.6 is 21.6 Å². The van der Waals surface area contributed by atoms with Gasteiger partial charge in [-0.15, -0.1) is 0 Å². The Morgan fingerprint density at radius 1 is 1.02 bits per heavy atom. The predicted molar refractivity (Wildman–Crippen MR) is 191 cm³/mol. The highest BCUT2D eigenvalue weighted by molar-refractivity contribution is 8.77. The number of benzene rings is 1. The summed E-state index contributed by atoms with van der Waals surface area (Å²) in [7, 11) is 3.29. The van der Waals surface area contributed by atoms with Crippen molar-refractivity contribution >= 4 is 39.1 Å². The minimum Gasteiger partial charge on any atom is -0.490 e. The fraction of sp³-hybridized carbons (Fsp3) is 0.688. The van der Waals surface area contributed by atoms with Gasteiger partial charge >= 0.3 is 0 Å². The van der Waals surface area contributed by atoms with Crippen LogP contribution < -0.4 is 21.1 Å². The molecule has 0 fully saturated rings. The average molecular weight is 666 g/mol. The van der Waals surface area contributed by atoms with Gasteiger partial charge in [0, 0.05) is 33.9 Å². The lowest BCUT2D eigenvalue weighted by molar-refractivity contribution is -0.126. The molecule has 4 N–H and O–H groups in total. The molecule has 2 amide bonds. The van der Waals surface area contributed by atoms with E-state index in [9.17, 15) is 9.59 Å². The second-order valence-electron chi connectivity index (χ2n) is 10.4. The van der Waals surface area contributed by atoms with Gasteiger partial charge in [-0.05, 0) is 18.1 Å². The van der Waals surface area contributed by atoms with E-state index in [2.05, 4.69) is 51.3 Å². The normalized spacial score (nSPS) is 12.7. The summed E-state index contributed by atoms with van der Waals surface area (Å²) in [5, 5.41) is 5.68. The van der Waals surface area contributed by atoms with Gasteiger partial charge in [0.05, 0.1) is 46.1 Å². The van der Waals surface area contributed by atoms with Gasteiger partial charge in [0.15, 0.2) is 0 Å². The Hall–Kier alpha value is -1.80. The maximum absolute atomic E-state index is 12.3. The molecule has 0 aliphatic rings. The fourth-order valence-corrected chi connectivity index (χ4v) is 5.18. The van der Waals surface area contributed by atoms with Crippen LogP contribution in [-0.2, 0) is 28.5 Å². The van der Waals surface area contributed by atoms with Crippen molar-refractivity contribution in [3.63, 3.8) is 0 Å². The number of anilines is 1. The minimum absolute atomic E-state index is 0. The van der Waals surface area contributed by atoms with Gasteiger partial charge in [-0.2, -0.15) is 0 Å². The first-order valence-electron chi connectivity index (χ1n) is 15.5. The molecular formula is C32H63N3O7S2. The number of hydrogen-bond acceptors (Lipinski definition) is 10. The number of nitrogens with one attached hydrogen (secondary N) is 2. The summed E-state index contributed by atoms with van der Waals surface area (Å²) in [6.45, 7) is 18.2. The third kappa shape index (κ3) is 25.5. The lowest BCUT2D eigenvalue weighted by Gasteiger charge is -2.22. The van der Waals surface area contributed by atoms with Crippen molar-refractivity contribution in [3.8, 4) is 5.75 Å². The summed E-state index contributed by atoms with van der Waals surface area (Å²) in [5.74, 6) is 0.810. The summed E-state index contributed by atoms with van der Waals surface area (Å²) in [5.41, 5.74) is 5.74. The van der Waals surface area contributed by atoms with Crippen molar-refractivity contribution in [3.05, 3.63) is 36.4 Å². The van der Waals surface area contributed by atoms with Crippen molar-refractivity contribution in [1.82, 2.24) is 5.32 Å². The quantitative estimate of drug-likeness (QED) is 0.0493. The van der Waals surface area contributed by atoms with Gasteiger partial charge in [0.25, 0.3) is 0 Å². The molecule has 0 heterocycles. The Bertz CT molecular complexity index is 917. The van der Waals surface area contributed by atoms with E-state index in [4.69, 9.17) is 29.4 Å². The molecule has 0 aromatic heterocycles.